The number of hydrogen-bond donors (Lipinski definition) is 1. The van der Waals surface area contributed by atoms with Crippen LogP contribution in [0.2, 0.25) is 0 Å². The van der Waals surface area contributed by atoms with Gasteiger partial charge in [0.25, 0.3) is 5.91 Å². The Morgan fingerprint density at radius 2 is 2.00 bits per heavy atom. The Labute approximate surface area is 147 Å². The average molecular weight is 344 g/mol. The molecule has 0 spiro atoms. The molecular weight excluding hydrogens is 320 g/mol. The zero-order valence-electron chi connectivity index (χ0n) is 15.1. The van der Waals surface area contributed by atoms with E-state index >= 15 is 0 Å². The van der Waals surface area contributed by atoms with Crippen molar-refractivity contribution in [1.82, 2.24) is 20.0 Å². The van der Waals surface area contributed by atoms with E-state index in [0.29, 0.717) is 36.1 Å². The summed E-state index contributed by atoms with van der Waals surface area (Å²) in [5, 5.41) is 7.32. The second-order valence-electron chi connectivity index (χ2n) is 6.57. The van der Waals surface area contributed by atoms with Gasteiger partial charge in [0.1, 0.15) is 29.3 Å². The van der Waals surface area contributed by atoms with Crippen molar-refractivity contribution in [3.63, 3.8) is 0 Å². The molecule has 3 rings (SSSR count). The van der Waals surface area contributed by atoms with Crippen molar-refractivity contribution >= 4 is 17.5 Å². The average Bonchev–Trinajstić information content (AvgIpc) is 2.94. The lowest BCUT2D eigenvalue weighted by Crippen LogP contribution is -2.42. The fourth-order valence-corrected chi connectivity index (χ4v) is 3.05. The molecule has 1 aliphatic rings. The molecule has 0 saturated carbocycles. The Morgan fingerprint density at radius 3 is 2.60 bits per heavy atom. The van der Waals surface area contributed by atoms with Gasteiger partial charge < -0.3 is 19.6 Å². The van der Waals surface area contributed by atoms with Crippen LogP contribution < -0.4 is 10.2 Å². The van der Waals surface area contributed by atoms with Crippen molar-refractivity contribution in [2.24, 2.45) is 0 Å². The van der Waals surface area contributed by atoms with Crippen LogP contribution in [0.1, 0.15) is 34.7 Å². The Morgan fingerprint density at radius 1 is 1.28 bits per heavy atom. The first-order chi connectivity index (χ1) is 12.0. The molecule has 2 aromatic rings. The number of anilines is 2. The maximum absolute atomic E-state index is 12.7. The number of amides is 1. The number of carbonyl (C=O) groups excluding carboxylic acids is 1. The zero-order valence-corrected chi connectivity index (χ0v) is 15.1. The van der Waals surface area contributed by atoms with Crippen LogP contribution in [-0.2, 0) is 0 Å². The van der Waals surface area contributed by atoms with Gasteiger partial charge in [-0.25, -0.2) is 9.97 Å². The minimum Gasteiger partial charge on any atom is -0.367 e. The van der Waals surface area contributed by atoms with E-state index in [1.165, 1.54) is 0 Å². The summed E-state index contributed by atoms with van der Waals surface area (Å²) in [5.74, 6) is 2.27. The van der Waals surface area contributed by atoms with Crippen LogP contribution in [0.4, 0.5) is 11.6 Å². The molecule has 8 heteroatoms. The molecule has 1 aliphatic heterocycles. The van der Waals surface area contributed by atoms with Gasteiger partial charge in [0, 0.05) is 39.3 Å². The predicted molar refractivity (Wildman–Crippen MR) is 94.9 cm³/mol. The Balaban J connectivity index is 1.59. The summed E-state index contributed by atoms with van der Waals surface area (Å²) in [6.07, 6.45) is 3.31. The number of likely N-dealkylation sites (tertiary alicyclic amines) is 1. The molecule has 134 valence electrons. The number of hydrogen-bond acceptors (Lipinski definition) is 7. The van der Waals surface area contributed by atoms with Gasteiger partial charge in [-0.3, -0.25) is 4.79 Å². The predicted octanol–water partition coefficient (Wildman–Crippen LogP) is 1.86. The highest BCUT2D eigenvalue weighted by molar-refractivity contribution is 5.96. The normalized spacial score (nSPS) is 15.3. The van der Waals surface area contributed by atoms with Crippen LogP contribution in [-0.4, -0.2) is 59.2 Å². The fraction of sp³-hybridized carbons (Fsp3) is 0.529. The van der Waals surface area contributed by atoms with Gasteiger partial charge >= 0.3 is 0 Å². The first-order valence-corrected chi connectivity index (χ1v) is 8.43. The summed E-state index contributed by atoms with van der Waals surface area (Å²) in [6, 6.07) is 2.22. The molecule has 2 aromatic heterocycles. The Bertz CT molecular complexity index is 730. The number of aromatic nitrogens is 3. The molecule has 1 fully saturated rings. The van der Waals surface area contributed by atoms with Gasteiger partial charge in [-0.15, -0.1) is 0 Å². The SMILES string of the molecule is Cc1noc(C)c1C(=O)N1CCC(Nc2cc(N(C)C)ncn2)CC1. The van der Waals surface area contributed by atoms with E-state index in [1.54, 1.807) is 20.2 Å². The lowest BCUT2D eigenvalue weighted by Gasteiger charge is -2.32. The number of nitrogens with one attached hydrogen (secondary N) is 1. The Hall–Kier alpha value is -2.64. The van der Waals surface area contributed by atoms with Gasteiger partial charge in [0.15, 0.2) is 0 Å². The second-order valence-corrected chi connectivity index (χ2v) is 6.57. The molecule has 0 aromatic carbocycles. The number of aryl methyl sites for hydroxylation is 2. The zero-order chi connectivity index (χ0) is 18.0. The van der Waals surface area contributed by atoms with E-state index < -0.39 is 0 Å². The van der Waals surface area contributed by atoms with Crippen molar-refractivity contribution in [3.8, 4) is 0 Å². The smallest absolute Gasteiger partial charge is 0.259 e. The maximum atomic E-state index is 12.7. The highest BCUT2D eigenvalue weighted by Gasteiger charge is 2.27. The molecule has 0 unspecified atom stereocenters. The van der Waals surface area contributed by atoms with Crippen molar-refractivity contribution < 1.29 is 9.32 Å². The number of piperidine rings is 1. The quantitative estimate of drug-likeness (QED) is 0.906. The lowest BCUT2D eigenvalue weighted by atomic mass is 10.0. The molecule has 1 amide bonds. The van der Waals surface area contributed by atoms with E-state index in [9.17, 15) is 4.79 Å². The summed E-state index contributed by atoms with van der Waals surface area (Å²) in [4.78, 5) is 25.0. The summed E-state index contributed by atoms with van der Waals surface area (Å²) in [7, 11) is 3.90. The van der Waals surface area contributed by atoms with Gasteiger partial charge in [-0.2, -0.15) is 0 Å². The summed E-state index contributed by atoms with van der Waals surface area (Å²) in [6.45, 7) is 4.98. The third-order valence-corrected chi connectivity index (χ3v) is 4.49. The first kappa shape index (κ1) is 17.2. The minimum atomic E-state index is 0.00614. The first-order valence-electron chi connectivity index (χ1n) is 8.43. The third-order valence-electron chi connectivity index (χ3n) is 4.49. The van der Waals surface area contributed by atoms with Gasteiger partial charge in [0.05, 0.1) is 5.69 Å². The molecular formula is C17H24N6O2. The minimum absolute atomic E-state index is 0.00614. The number of carbonyl (C=O) groups is 1. The van der Waals surface area contributed by atoms with Crippen LogP contribution in [0, 0.1) is 13.8 Å². The van der Waals surface area contributed by atoms with Gasteiger partial charge in [-0.1, -0.05) is 5.16 Å². The van der Waals surface area contributed by atoms with Crippen LogP contribution in [0.15, 0.2) is 16.9 Å². The molecule has 3 heterocycles. The Kier molecular flexibility index (Phi) is 4.87. The summed E-state index contributed by atoms with van der Waals surface area (Å²) >= 11 is 0. The fourth-order valence-electron chi connectivity index (χ4n) is 3.05. The van der Waals surface area contributed by atoms with Gasteiger partial charge in [-0.05, 0) is 26.7 Å². The topological polar surface area (TPSA) is 87.4 Å². The molecule has 8 nitrogen and oxygen atoms in total. The van der Waals surface area contributed by atoms with E-state index in [2.05, 4.69) is 20.4 Å². The highest BCUT2D eigenvalue weighted by Crippen LogP contribution is 2.21. The van der Waals surface area contributed by atoms with Crippen LogP contribution >= 0.6 is 0 Å². The number of nitrogens with zero attached hydrogens (tertiary/aromatic N) is 5. The molecule has 1 N–H and O–H groups in total. The summed E-state index contributed by atoms with van der Waals surface area (Å²) < 4.78 is 5.11. The number of rotatable bonds is 4. The van der Waals surface area contributed by atoms with Crippen molar-refractivity contribution in [3.05, 3.63) is 29.4 Å². The standard InChI is InChI=1S/C17H24N6O2/c1-11-16(12(2)25-21-11)17(24)23-7-5-13(6-8-23)20-14-9-15(22(3)4)19-10-18-14/h9-10,13H,5-8H2,1-4H3,(H,18,19,20). The third kappa shape index (κ3) is 3.72. The van der Waals surface area contributed by atoms with E-state index in [0.717, 1.165) is 24.5 Å². The molecule has 25 heavy (non-hydrogen) atoms. The van der Waals surface area contributed by atoms with Crippen LogP contribution in [0.5, 0.6) is 0 Å². The van der Waals surface area contributed by atoms with Crippen molar-refractivity contribution in [2.75, 3.05) is 37.4 Å². The second kappa shape index (κ2) is 7.08. The molecule has 0 bridgehead atoms. The molecule has 0 atom stereocenters. The van der Waals surface area contributed by atoms with Crippen molar-refractivity contribution in [1.29, 1.82) is 0 Å². The van der Waals surface area contributed by atoms with E-state index in [4.69, 9.17) is 4.52 Å². The molecule has 0 radical (unpaired) electrons. The van der Waals surface area contributed by atoms with Crippen molar-refractivity contribution in [2.45, 2.75) is 32.7 Å². The largest absolute Gasteiger partial charge is 0.367 e. The van der Waals surface area contributed by atoms with Gasteiger partial charge in [0.2, 0.25) is 0 Å². The molecule has 0 aliphatic carbocycles. The van der Waals surface area contributed by atoms with Crippen LogP contribution in [0.3, 0.4) is 0 Å². The highest BCUT2D eigenvalue weighted by atomic mass is 16.5. The monoisotopic (exact) mass is 344 g/mol. The summed E-state index contributed by atoms with van der Waals surface area (Å²) in [5.41, 5.74) is 1.25. The molecule has 1 saturated heterocycles. The lowest BCUT2D eigenvalue weighted by molar-refractivity contribution is 0.0716. The van der Waals surface area contributed by atoms with E-state index in [1.807, 2.05) is 30.0 Å². The maximum Gasteiger partial charge on any atom is 0.259 e. The van der Waals surface area contributed by atoms with E-state index in [-0.39, 0.29) is 5.91 Å². The van der Waals surface area contributed by atoms with Crippen LogP contribution in [0.25, 0.3) is 0 Å².